The average molecular weight is 306 g/mol. The van der Waals surface area contributed by atoms with E-state index in [1.807, 2.05) is 19.1 Å². The summed E-state index contributed by atoms with van der Waals surface area (Å²) in [4.78, 5) is 18.5. The van der Waals surface area contributed by atoms with Crippen molar-refractivity contribution < 1.29 is 9.53 Å². The van der Waals surface area contributed by atoms with Gasteiger partial charge in [0.2, 0.25) is 0 Å². The lowest BCUT2D eigenvalue weighted by atomic mass is 10.1. The van der Waals surface area contributed by atoms with Crippen molar-refractivity contribution in [3.63, 3.8) is 0 Å². The molecular formula is C16H26N4O2. The molecule has 2 rings (SSSR count). The third-order valence-corrected chi connectivity index (χ3v) is 3.96. The van der Waals surface area contributed by atoms with Gasteiger partial charge >= 0.3 is 6.03 Å². The molecule has 6 nitrogen and oxygen atoms in total. The second-order valence-corrected chi connectivity index (χ2v) is 5.98. The Kier molecular flexibility index (Phi) is 6.00. The van der Waals surface area contributed by atoms with Crippen LogP contribution in [0.2, 0.25) is 0 Å². The quantitative estimate of drug-likeness (QED) is 0.870. The molecule has 0 bridgehead atoms. The van der Waals surface area contributed by atoms with Crippen molar-refractivity contribution in [1.82, 2.24) is 15.6 Å². The van der Waals surface area contributed by atoms with Crippen LogP contribution in [0.5, 0.6) is 0 Å². The highest BCUT2D eigenvalue weighted by Gasteiger charge is 2.13. The molecule has 1 fully saturated rings. The fourth-order valence-corrected chi connectivity index (χ4v) is 2.14. The Balaban J connectivity index is 1.86. The van der Waals surface area contributed by atoms with Gasteiger partial charge in [-0.2, -0.15) is 0 Å². The number of ether oxygens (including phenoxy) is 1. The van der Waals surface area contributed by atoms with Gasteiger partial charge in [-0.05, 0) is 30.5 Å². The summed E-state index contributed by atoms with van der Waals surface area (Å²) in [6.45, 7) is 9.86. The van der Waals surface area contributed by atoms with Crippen molar-refractivity contribution in [2.24, 2.45) is 5.92 Å². The standard InChI is InChI=1S/C16H26N4O2/c1-12(2)13(3)19-16(21)18-11-14-4-5-17-15(10-14)20-6-8-22-9-7-20/h4-5,10,12-13H,6-9,11H2,1-3H3,(H2,18,19,21). The van der Waals surface area contributed by atoms with Gasteiger partial charge in [0.1, 0.15) is 5.82 Å². The lowest BCUT2D eigenvalue weighted by molar-refractivity contribution is 0.122. The van der Waals surface area contributed by atoms with E-state index in [2.05, 4.69) is 34.4 Å². The largest absolute Gasteiger partial charge is 0.378 e. The average Bonchev–Trinajstić information content (AvgIpc) is 2.54. The smallest absolute Gasteiger partial charge is 0.315 e. The SMILES string of the molecule is CC(C)C(C)NC(=O)NCc1ccnc(N2CCOCC2)c1. The summed E-state index contributed by atoms with van der Waals surface area (Å²) in [5, 5.41) is 5.83. The molecule has 1 unspecified atom stereocenters. The lowest BCUT2D eigenvalue weighted by Gasteiger charge is -2.28. The van der Waals surface area contributed by atoms with Crippen LogP contribution in [0.1, 0.15) is 26.3 Å². The maximum absolute atomic E-state index is 11.9. The number of anilines is 1. The monoisotopic (exact) mass is 306 g/mol. The number of carbonyl (C=O) groups excluding carboxylic acids is 1. The lowest BCUT2D eigenvalue weighted by Crippen LogP contribution is -2.42. The minimum atomic E-state index is -0.133. The molecule has 2 amide bonds. The van der Waals surface area contributed by atoms with Crippen molar-refractivity contribution in [1.29, 1.82) is 0 Å². The van der Waals surface area contributed by atoms with E-state index < -0.39 is 0 Å². The van der Waals surface area contributed by atoms with Crippen molar-refractivity contribution in [3.05, 3.63) is 23.9 Å². The molecule has 0 saturated carbocycles. The Morgan fingerprint density at radius 1 is 1.36 bits per heavy atom. The topological polar surface area (TPSA) is 66.5 Å². The number of rotatable bonds is 5. The number of hydrogen-bond acceptors (Lipinski definition) is 4. The molecule has 0 spiro atoms. The predicted octanol–water partition coefficient (Wildman–Crippen LogP) is 1.76. The first kappa shape index (κ1) is 16.5. The second-order valence-electron chi connectivity index (χ2n) is 5.98. The third-order valence-electron chi connectivity index (χ3n) is 3.96. The summed E-state index contributed by atoms with van der Waals surface area (Å²) in [6.07, 6.45) is 1.79. The van der Waals surface area contributed by atoms with Crippen LogP contribution < -0.4 is 15.5 Å². The van der Waals surface area contributed by atoms with Crippen LogP contribution in [-0.4, -0.2) is 43.4 Å². The van der Waals surface area contributed by atoms with Gasteiger partial charge in [0, 0.05) is 31.9 Å². The summed E-state index contributed by atoms with van der Waals surface area (Å²) < 4.78 is 5.35. The number of nitrogens with one attached hydrogen (secondary N) is 2. The van der Waals surface area contributed by atoms with Crippen LogP contribution in [0.25, 0.3) is 0 Å². The van der Waals surface area contributed by atoms with Gasteiger partial charge in [0.25, 0.3) is 0 Å². The van der Waals surface area contributed by atoms with E-state index in [-0.39, 0.29) is 12.1 Å². The van der Waals surface area contributed by atoms with Crippen molar-refractivity contribution in [3.8, 4) is 0 Å². The molecule has 1 aliphatic rings. The highest BCUT2D eigenvalue weighted by Crippen LogP contribution is 2.14. The Morgan fingerprint density at radius 2 is 2.09 bits per heavy atom. The molecule has 2 N–H and O–H groups in total. The molecule has 22 heavy (non-hydrogen) atoms. The zero-order valence-electron chi connectivity index (χ0n) is 13.6. The molecular weight excluding hydrogens is 280 g/mol. The van der Waals surface area contributed by atoms with Crippen molar-refractivity contribution in [2.45, 2.75) is 33.4 Å². The van der Waals surface area contributed by atoms with Gasteiger partial charge in [-0.1, -0.05) is 13.8 Å². The molecule has 0 radical (unpaired) electrons. The van der Waals surface area contributed by atoms with E-state index >= 15 is 0 Å². The molecule has 122 valence electrons. The molecule has 1 aromatic heterocycles. The number of hydrogen-bond donors (Lipinski definition) is 2. The fourth-order valence-electron chi connectivity index (χ4n) is 2.14. The van der Waals surface area contributed by atoms with Gasteiger partial charge in [-0.3, -0.25) is 0 Å². The Morgan fingerprint density at radius 3 is 2.77 bits per heavy atom. The van der Waals surface area contributed by atoms with Crippen LogP contribution in [0.3, 0.4) is 0 Å². The number of pyridine rings is 1. The number of carbonyl (C=O) groups is 1. The summed E-state index contributed by atoms with van der Waals surface area (Å²) >= 11 is 0. The molecule has 2 heterocycles. The molecule has 1 saturated heterocycles. The van der Waals surface area contributed by atoms with Crippen LogP contribution in [0.4, 0.5) is 10.6 Å². The van der Waals surface area contributed by atoms with Crippen molar-refractivity contribution in [2.75, 3.05) is 31.2 Å². The molecule has 1 atom stereocenters. The van der Waals surface area contributed by atoms with Gasteiger partial charge in [0.05, 0.1) is 13.2 Å². The molecule has 1 aromatic rings. The van der Waals surface area contributed by atoms with E-state index in [4.69, 9.17) is 4.74 Å². The first-order chi connectivity index (χ1) is 10.6. The number of urea groups is 1. The fraction of sp³-hybridized carbons (Fsp3) is 0.625. The van der Waals surface area contributed by atoms with Crippen LogP contribution >= 0.6 is 0 Å². The maximum Gasteiger partial charge on any atom is 0.315 e. The van der Waals surface area contributed by atoms with E-state index in [9.17, 15) is 4.79 Å². The Hall–Kier alpha value is -1.82. The minimum absolute atomic E-state index is 0.133. The highest BCUT2D eigenvalue weighted by molar-refractivity contribution is 5.74. The van der Waals surface area contributed by atoms with Crippen LogP contribution in [-0.2, 0) is 11.3 Å². The maximum atomic E-state index is 11.9. The highest BCUT2D eigenvalue weighted by atomic mass is 16.5. The minimum Gasteiger partial charge on any atom is -0.378 e. The van der Waals surface area contributed by atoms with E-state index in [1.54, 1.807) is 6.20 Å². The van der Waals surface area contributed by atoms with Gasteiger partial charge in [-0.15, -0.1) is 0 Å². The van der Waals surface area contributed by atoms with Crippen LogP contribution in [0, 0.1) is 5.92 Å². The molecule has 1 aliphatic heterocycles. The summed E-state index contributed by atoms with van der Waals surface area (Å²) in [7, 11) is 0. The van der Waals surface area contributed by atoms with E-state index in [1.165, 1.54) is 0 Å². The van der Waals surface area contributed by atoms with E-state index in [0.717, 1.165) is 37.7 Å². The van der Waals surface area contributed by atoms with Crippen LogP contribution in [0.15, 0.2) is 18.3 Å². The Bertz CT molecular complexity index is 487. The number of aromatic nitrogens is 1. The zero-order chi connectivity index (χ0) is 15.9. The first-order valence-corrected chi connectivity index (χ1v) is 7.88. The third kappa shape index (κ3) is 4.87. The number of morpholine rings is 1. The van der Waals surface area contributed by atoms with Crippen molar-refractivity contribution >= 4 is 11.8 Å². The van der Waals surface area contributed by atoms with E-state index in [0.29, 0.717) is 12.5 Å². The number of amides is 2. The number of nitrogens with zero attached hydrogens (tertiary/aromatic N) is 2. The normalized spacial score (nSPS) is 16.5. The first-order valence-electron chi connectivity index (χ1n) is 7.88. The molecule has 6 heteroatoms. The predicted molar refractivity (Wildman–Crippen MR) is 86.9 cm³/mol. The zero-order valence-corrected chi connectivity index (χ0v) is 13.6. The molecule has 0 aliphatic carbocycles. The van der Waals surface area contributed by atoms with Gasteiger partial charge in [-0.25, -0.2) is 9.78 Å². The van der Waals surface area contributed by atoms with Gasteiger partial charge < -0.3 is 20.3 Å². The summed E-state index contributed by atoms with van der Waals surface area (Å²) in [5.41, 5.74) is 1.05. The molecule has 0 aromatic carbocycles. The Labute approximate surface area is 132 Å². The summed E-state index contributed by atoms with van der Waals surface area (Å²) in [5.74, 6) is 1.36. The second kappa shape index (κ2) is 7.98. The van der Waals surface area contributed by atoms with Gasteiger partial charge in [0.15, 0.2) is 0 Å². The summed E-state index contributed by atoms with van der Waals surface area (Å²) in [6, 6.07) is 3.97.